The molecule has 0 bridgehead atoms. The fraction of sp³-hybridized carbons (Fsp3) is 1.00. The fourth-order valence-corrected chi connectivity index (χ4v) is 2.42. The molecule has 3 atom stereocenters. The van der Waals surface area contributed by atoms with Crippen molar-refractivity contribution in [1.29, 1.82) is 0 Å². The van der Waals surface area contributed by atoms with Gasteiger partial charge in [0.25, 0.3) is 10.1 Å². The molecule has 1 rings (SSSR count). The molecule has 0 heterocycles. The Labute approximate surface area is 112 Å². The molecule has 84 valence electrons. The standard InChI is InChI=1S/C8H16O5S.Na/c9-7-2-1-6(5-8(7)10)3-4-14(11,12)13;/h6-10H,1-5H2,(H,11,12,13);/q;+1. The van der Waals surface area contributed by atoms with Crippen LogP contribution in [0.25, 0.3) is 0 Å². The third-order valence-electron chi connectivity index (χ3n) is 2.67. The van der Waals surface area contributed by atoms with E-state index in [9.17, 15) is 18.6 Å². The minimum atomic E-state index is -3.90. The van der Waals surface area contributed by atoms with E-state index in [1.165, 1.54) is 0 Å². The largest absolute Gasteiger partial charge is 1.00 e. The molecule has 3 unspecified atom stereocenters. The predicted octanol–water partition coefficient (Wildman–Crippen LogP) is -3.21. The van der Waals surface area contributed by atoms with Crippen molar-refractivity contribution in [3.8, 4) is 0 Å². The van der Waals surface area contributed by atoms with Crippen molar-refractivity contribution in [2.45, 2.75) is 37.9 Å². The van der Waals surface area contributed by atoms with Crippen molar-refractivity contribution in [2.24, 2.45) is 5.92 Å². The Morgan fingerprint density at radius 2 is 1.73 bits per heavy atom. The molecule has 0 saturated heterocycles. The quantitative estimate of drug-likeness (QED) is 0.360. The molecule has 0 spiro atoms. The second-order valence-corrected chi connectivity index (χ2v) is 5.46. The molecule has 0 aliphatic heterocycles. The van der Waals surface area contributed by atoms with Crippen molar-refractivity contribution in [2.75, 3.05) is 5.75 Å². The molecule has 1 aliphatic carbocycles. The van der Waals surface area contributed by atoms with Crippen molar-refractivity contribution >= 4 is 10.1 Å². The molecule has 1 fully saturated rings. The van der Waals surface area contributed by atoms with Gasteiger partial charge in [-0.05, 0) is 31.6 Å². The summed E-state index contributed by atoms with van der Waals surface area (Å²) in [6.07, 6.45) is 0.525. The molecule has 0 amide bonds. The zero-order valence-electron chi connectivity index (χ0n) is 8.83. The van der Waals surface area contributed by atoms with Gasteiger partial charge in [0.2, 0.25) is 0 Å². The summed E-state index contributed by atoms with van der Waals surface area (Å²) < 4.78 is 29.5. The van der Waals surface area contributed by atoms with Crippen LogP contribution in [0.1, 0.15) is 25.7 Å². The average Bonchev–Trinajstić information content (AvgIpc) is 2.06. The second kappa shape index (κ2) is 6.54. The first-order valence-corrected chi connectivity index (χ1v) is 6.30. The molecule has 3 N–H and O–H groups in total. The van der Waals surface area contributed by atoms with Crippen LogP contribution in [0.3, 0.4) is 0 Å². The number of hydrogen-bond acceptors (Lipinski definition) is 4. The Kier molecular flexibility index (Phi) is 6.90. The van der Waals surface area contributed by atoms with E-state index in [0.29, 0.717) is 25.7 Å². The van der Waals surface area contributed by atoms with Gasteiger partial charge in [0.05, 0.1) is 18.0 Å². The second-order valence-electron chi connectivity index (χ2n) is 3.89. The molecule has 0 aromatic heterocycles. The Hall–Kier alpha value is 0.830. The maximum atomic E-state index is 10.5. The summed E-state index contributed by atoms with van der Waals surface area (Å²) in [4.78, 5) is 0. The minimum Gasteiger partial charge on any atom is -0.390 e. The SMILES string of the molecule is O=S(=O)(O)CCC1CCC(O)C(O)C1.[Na+]. The first-order valence-electron chi connectivity index (χ1n) is 4.70. The molecule has 0 radical (unpaired) electrons. The van der Waals surface area contributed by atoms with Gasteiger partial charge in [-0.25, -0.2) is 0 Å². The van der Waals surface area contributed by atoms with E-state index in [2.05, 4.69) is 0 Å². The summed E-state index contributed by atoms with van der Waals surface area (Å²) in [6.45, 7) is 0. The molecular weight excluding hydrogens is 231 g/mol. The van der Waals surface area contributed by atoms with Gasteiger partial charge in [-0.3, -0.25) is 4.55 Å². The monoisotopic (exact) mass is 247 g/mol. The van der Waals surface area contributed by atoms with Gasteiger partial charge in [0.1, 0.15) is 0 Å². The van der Waals surface area contributed by atoms with Crippen LogP contribution in [0.4, 0.5) is 0 Å². The van der Waals surface area contributed by atoms with Crippen molar-refractivity contribution in [3.05, 3.63) is 0 Å². The Morgan fingerprint density at radius 3 is 2.20 bits per heavy atom. The van der Waals surface area contributed by atoms with E-state index in [1.54, 1.807) is 0 Å². The van der Waals surface area contributed by atoms with Crippen LogP contribution in [0.2, 0.25) is 0 Å². The summed E-state index contributed by atoms with van der Waals surface area (Å²) in [5, 5.41) is 18.5. The molecule has 1 saturated carbocycles. The number of aliphatic hydroxyl groups is 2. The first-order chi connectivity index (χ1) is 6.38. The van der Waals surface area contributed by atoms with Crippen LogP contribution in [0.15, 0.2) is 0 Å². The third kappa shape index (κ3) is 6.21. The predicted molar refractivity (Wildman–Crippen MR) is 50.4 cm³/mol. The normalized spacial score (nSPS) is 32.1. The molecule has 15 heavy (non-hydrogen) atoms. The van der Waals surface area contributed by atoms with Gasteiger partial charge in [-0.1, -0.05) is 0 Å². The van der Waals surface area contributed by atoms with Gasteiger partial charge in [-0.15, -0.1) is 0 Å². The smallest absolute Gasteiger partial charge is 0.390 e. The van der Waals surface area contributed by atoms with Crippen LogP contribution in [0.5, 0.6) is 0 Å². The Balaban J connectivity index is 0.00000196. The molecule has 7 heteroatoms. The third-order valence-corrected chi connectivity index (χ3v) is 3.43. The van der Waals surface area contributed by atoms with Gasteiger partial charge < -0.3 is 10.2 Å². The number of rotatable bonds is 3. The Bertz CT molecular complexity index is 279. The summed E-state index contributed by atoms with van der Waals surface area (Å²) in [7, 11) is -3.90. The van der Waals surface area contributed by atoms with Crippen LogP contribution < -0.4 is 29.6 Å². The van der Waals surface area contributed by atoms with Crippen LogP contribution >= 0.6 is 0 Å². The molecular formula is C8H16NaO5S+. The van der Waals surface area contributed by atoms with E-state index >= 15 is 0 Å². The van der Waals surface area contributed by atoms with Crippen molar-refractivity contribution in [3.63, 3.8) is 0 Å². The maximum Gasteiger partial charge on any atom is 1.00 e. The van der Waals surface area contributed by atoms with Gasteiger partial charge in [0, 0.05) is 0 Å². The van der Waals surface area contributed by atoms with E-state index in [1.807, 2.05) is 0 Å². The zero-order chi connectivity index (χ0) is 10.8. The van der Waals surface area contributed by atoms with E-state index in [0.717, 1.165) is 0 Å². The van der Waals surface area contributed by atoms with Crippen LogP contribution in [-0.2, 0) is 10.1 Å². The molecule has 0 aromatic carbocycles. The summed E-state index contributed by atoms with van der Waals surface area (Å²) in [5.74, 6) is -0.184. The summed E-state index contributed by atoms with van der Waals surface area (Å²) in [6, 6.07) is 0. The number of aliphatic hydroxyl groups excluding tert-OH is 2. The Morgan fingerprint density at radius 1 is 1.13 bits per heavy atom. The number of hydrogen-bond donors (Lipinski definition) is 3. The molecule has 0 aromatic rings. The van der Waals surface area contributed by atoms with Crippen molar-refractivity contribution < 1.29 is 52.7 Å². The fourth-order valence-electron chi connectivity index (χ4n) is 1.79. The zero-order valence-corrected chi connectivity index (χ0v) is 11.7. The summed E-state index contributed by atoms with van der Waals surface area (Å²) in [5.41, 5.74) is 0. The summed E-state index contributed by atoms with van der Waals surface area (Å²) >= 11 is 0. The van der Waals surface area contributed by atoms with E-state index in [4.69, 9.17) is 4.55 Å². The maximum absolute atomic E-state index is 10.5. The average molecular weight is 247 g/mol. The van der Waals surface area contributed by atoms with Crippen LogP contribution in [0, 0.1) is 5.92 Å². The first kappa shape index (κ1) is 15.8. The molecule has 1 aliphatic rings. The van der Waals surface area contributed by atoms with Crippen LogP contribution in [-0.4, -0.2) is 41.1 Å². The van der Waals surface area contributed by atoms with E-state index in [-0.39, 0.29) is 41.2 Å². The van der Waals surface area contributed by atoms with E-state index < -0.39 is 22.3 Å². The molecule has 5 nitrogen and oxygen atoms in total. The van der Waals surface area contributed by atoms with Gasteiger partial charge in [0.15, 0.2) is 0 Å². The van der Waals surface area contributed by atoms with Crippen molar-refractivity contribution in [1.82, 2.24) is 0 Å². The topological polar surface area (TPSA) is 94.8 Å². The van der Waals surface area contributed by atoms with Gasteiger partial charge in [-0.2, -0.15) is 8.42 Å². The van der Waals surface area contributed by atoms with Gasteiger partial charge >= 0.3 is 29.6 Å². The minimum absolute atomic E-state index is 0.